The van der Waals surface area contributed by atoms with Crippen LogP contribution in [0.25, 0.3) is 0 Å². The minimum absolute atomic E-state index is 0.338. The molecule has 1 aromatic carbocycles. The van der Waals surface area contributed by atoms with Crippen LogP contribution in [0.15, 0.2) is 48.8 Å². The second-order valence-electron chi connectivity index (χ2n) is 6.76. The number of nitrogens with one attached hydrogen (secondary N) is 1. The van der Waals surface area contributed by atoms with Gasteiger partial charge < -0.3 is 4.74 Å². The molecule has 0 aliphatic carbocycles. The van der Waals surface area contributed by atoms with E-state index in [0.29, 0.717) is 18.2 Å². The number of rotatable bonds is 7. The molecule has 26 heavy (non-hydrogen) atoms. The first-order valence-corrected chi connectivity index (χ1v) is 10.7. The van der Waals surface area contributed by atoms with Crippen LogP contribution < -0.4 is 9.46 Å². The first-order chi connectivity index (χ1) is 12.5. The molecule has 1 aromatic heterocycles. The van der Waals surface area contributed by atoms with Gasteiger partial charge in [-0.15, -0.1) is 0 Å². The molecule has 3 rings (SSSR count). The van der Waals surface area contributed by atoms with Gasteiger partial charge in [0.25, 0.3) is 0 Å². The molecule has 0 amide bonds. The molecule has 1 atom stereocenters. The monoisotopic (exact) mass is 375 g/mol. The second-order valence-corrected chi connectivity index (χ2v) is 8.60. The van der Waals surface area contributed by atoms with Crippen molar-refractivity contribution in [1.29, 1.82) is 0 Å². The Morgan fingerprint density at radius 2 is 2.12 bits per heavy atom. The van der Waals surface area contributed by atoms with Crippen LogP contribution in [0.5, 0.6) is 11.5 Å². The molecule has 1 saturated heterocycles. The number of benzene rings is 1. The van der Waals surface area contributed by atoms with E-state index in [2.05, 4.69) is 20.7 Å². The van der Waals surface area contributed by atoms with Crippen LogP contribution in [-0.2, 0) is 16.6 Å². The molecule has 0 radical (unpaired) electrons. The van der Waals surface area contributed by atoms with Crippen molar-refractivity contribution in [2.45, 2.75) is 19.4 Å². The fraction of sp³-hybridized carbons (Fsp3) is 0.421. The highest BCUT2D eigenvalue weighted by Crippen LogP contribution is 2.27. The maximum atomic E-state index is 11.3. The minimum Gasteiger partial charge on any atom is -0.455 e. The molecular weight excluding hydrogens is 350 g/mol. The van der Waals surface area contributed by atoms with Crippen molar-refractivity contribution < 1.29 is 13.2 Å². The van der Waals surface area contributed by atoms with Crippen molar-refractivity contribution in [2.24, 2.45) is 5.92 Å². The molecule has 6 nitrogen and oxygen atoms in total. The van der Waals surface area contributed by atoms with Crippen molar-refractivity contribution in [1.82, 2.24) is 14.6 Å². The lowest BCUT2D eigenvalue weighted by Crippen LogP contribution is -2.40. The van der Waals surface area contributed by atoms with Gasteiger partial charge in [0.1, 0.15) is 11.5 Å². The van der Waals surface area contributed by atoms with E-state index in [9.17, 15) is 8.42 Å². The van der Waals surface area contributed by atoms with Gasteiger partial charge in [-0.1, -0.05) is 18.2 Å². The number of piperidine rings is 1. The zero-order valence-electron chi connectivity index (χ0n) is 15.0. The van der Waals surface area contributed by atoms with E-state index in [0.717, 1.165) is 43.8 Å². The number of sulfonamides is 1. The summed E-state index contributed by atoms with van der Waals surface area (Å²) in [6, 6.07) is 11.8. The van der Waals surface area contributed by atoms with E-state index in [1.165, 1.54) is 6.26 Å². The van der Waals surface area contributed by atoms with Crippen LogP contribution in [0.3, 0.4) is 0 Å². The summed E-state index contributed by atoms with van der Waals surface area (Å²) in [6.45, 7) is 3.18. The summed E-state index contributed by atoms with van der Waals surface area (Å²) in [7, 11) is -3.14. The number of likely N-dealkylation sites (tertiary alicyclic amines) is 1. The van der Waals surface area contributed by atoms with E-state index in [-0.39, 0.29) is 0 Å². The maximum absolute atomic E-state index is 11.3. The summed E-state index contributed by atoms with van der Waals surface area (Å²) in [4.78, 5) is 6.45. The van der Waals surface area contributed by atoms with Crippen molar-refractivity contribution in [2.75, 3.05) is 25.9 Å². The third kappa shape index (κ3) is 5.79. The smallest absolute Gasteiger partial charge is 0.208 e. The molecule has 2 heterocycles. The fourth-order valence-electron chi connectivity index (χ4n) is 3.24. The van der Waals surface area contributed by atoms with Gasteiger partial charge in [-0.2, -0.15) is 0 Å². The summed E-state index contributed by atoms with van der Waals surface area (Å²) in [5.74, 6) is 1.88. The Bertz CT molecular complexity index is 812. The van der Waals surface area contributed by atoms with E-state index < -0.39 is 10.0 Å². The Labute approximate surface area is 155 Å². The van der Waals surface area contributed by atoms with E-state index >= 15 is 0 Å². The summed E-state index contributed by atoms with van der Waals surface area (Å²) < 4.78 is 31.3. The Kier molecular flexibility index (Phi) is 6.24. The Balaban J connectivity index is 1.63. The van der Waals surface area contributed by atoms with Crippen LogP contribution in [0.4, 0.5) is 0 Å². The average molecular weight is 375 g/mol. The predicted molar refractivity (Wildman–Crippen MR) is 102 cm³/mol. The van der Waals surface area contributed by atoms with Gasteiger partial charge in [-0.3, -0.25) is 9.88 Å². The highest BCUT2D eigenvalue weighted by Gasteiger charge is 2.21. The van der Waals surface area contributed by atoms with Crippen LogP contribution in [-0.4, -0.2) is 44.2 Å². The molecule has 2 aromatic rings. The van der Waals surface area contributed by atoms with Crippen molar-refractivity contribution in [3.05, 3.63) is 54.4 Å². The summed E-state index contributed by atoms with van der Waals surface area (Å²) in [6.07, 6.45) is 6.75. The van der Waals surface area contributed by atoms with Gasteiger partial charge in [0.05, 0.1) is 12.5 Å². The highest BCUT2D eigenvalue weighted by molar-refractivity contribution is 7.88. The van der Waals surface area contributed by atoms with Gasteiger partial charge in [-0.25, -0.2) is 13.1 Å². The summed E-state index contributed by atoms with van der Waals surface area (Å²) >= 11 is 0. The Morgan fingerprint density at radius 1 is 1.27 bits per heavy atom. The molecule has 1 unspecified atom stereocenters. The van der Waals surface area contributed by atoms with Gasteiger partial charge in [0.15, 0.2) is 0 Å². The van der Waals surface area contributed by atoms with Gasteiger partial charge >= 0.3 is 0 Å². The largest absolute Gasteiger partial charge is 0.455 e. The van der Waals surface area contributed by atoms with Gasteiger partial charge in [0, 0.05) is 31.4 Å². The fourth-order valence-corrected chi connectivity index (χ4v) is 3.78. The minimum atomic E-state index is -3.14. The number of aromatic nitrogens is 1. The van der Waals surface area contributed by atoms with E-state index in [4.69, 9.17) is 4.74 Å². The predicted octanol–water partition coefficient (Wildman–Crippen LogP) is 2.64. The maximum Gasteiger partial charge on any atom is 0.208 e. The van der Waals surface area contributed by atoms with E-state index in [1.54, 1.807) is 12.4 Å². The molecule has 0 spiro atoms. The zero-order valence-corrected chi connectivity index (χ0v) is 15.8. The topological polar surface area (TPSA) is 71.5 Å². The molecule has 1 aliphatic rings. The zero-order chi connectivity index (χ0) is 18.4. The van der Waals surface area contributed by atoms with Crippen molar-refractivity contribution in [3.8, 4) is 11.5 Å². The second kappa shape index (κ2) is 8.62. The number of para-hydroxylation sites is 1. The third-order valence-electron chi connectivity index (χ3n) is 4.47. The molecule has 7 heteroatoms. The normalized spacial score (nSPS) is 18.6. The third-order valence-corrected chi connectivity index (χ3v) is 5.16. The number of ether oxygens (including phenoxy) is 1. The first-order valence-electron chi connectivity index (χ1n) is 8.82. The molecule has 1 fully saturated rings. The summed E-state index contributed by atoms with van der Waals surface area (Å²) in [5.41, 5.74) is 1.12. The van der Waals surface area contributed by atoms with Crippen molar-refractivity contribution in [3.63, 3.8) is 0 Å². The molecule has 0 bridgehead atoms. The molecular formula is C19H25N3O3S. The van der Waals surface area contributed by atoms with Gasteiger partial charge in [0.2, 0.25) is 10.0 Å². The summed E-state index contributed by atoms with van der Waals surface area (Å²) in [5, 5.41) is 0. The quantitative estimate of drug-likeness (QED) is 0.805. The van der Waals surface area contributed by atoms with Gasteiger partial charge in [-0.05, 0) is 43.5 Å². The molecule has 1 N–H and O–H groups in total. The lowest BCUT2D eigenvalue weighted by molar-refractivity contribution is 0.167. The molecule has 0 saturated carbocycles. The number of pyridine rings is 1. The van der Waals surface area contributed by atoms with Crippen LogP contribution in [0.1, 0.15) is 18.4 Å². The van der Waals surface area contributed by atoms with E-state index in [1.807, 2.05) is 30.3 Å². The SMILES string of the molecule is CS(=O)(=O)NCC1CCCN(Cc2ccccc2Oc2cccnc2)C1. The van der Waals surface area contributed by atoms with Crippen LogP contribution >= 0.6 is 0 Å². The number of hydrogen-bond donors (Lipinski definition) is 1. The lowest BCUT2D eigenvalue weighted by Gasteiger charge is -2.33. The molecule has 140 valence electrons. The average Bonchev–Trinajstić information content (AvgIpc) is 2.62. The van der Waals surface area contributed by atoms with Crippen LogP contribution in [0, 0.1) is 5.92 Å². The number of nitrogens with zero attached hydrogens (tertiary/aromatic N) is 2. The first kappa shape index (κ1) is 18.8. The highest BCUT2D eigenvalue weighted by atomic mass is 32.2. The Hall–Kier alpha value is -1.96. The molecule has 1 aliphatic heterocycles. The number of hydrogen-bond acceptors (Lipinski definition) is 5. The Morgan fingerprint density at radius 3 is 2.88 bits per heavy atom. The standard InChI is InChI=1S/C19H25N3O3S/c1-26(23,24)21-12-16-6-5-11-22(14-16)15-17-7-2-3-9-19(17)25-18-8-4-10-20-13-18/h2-4,7-10,13,16,21H,5-6,11-12,14-15H2,1H3. The lowest BCUT2D eigenvalue weighted by atomic mass is 9.98. The van der Waals surface area contributed by atoms with Crippen LogP contribution in [0.2, 0.25) is 0 Å². The van der Waals surface area contributed by atoms with Crippen molar-refractivity contribution >= 4 is 10.0 Å².